The van der Waals surface area contributed by atoms with E-state index in [0.29, 0.717) is 23.2 Å². The van der Waals surface area contributed by atoms with Gasteiger partial charge in [-0.25, -0.2) is 0 Å². The third kappa shape index (κ3) is 3.54. The SMILES string of the molecule is CN(Cc1cnn(C)c1)C(=O)c1cccc(CN2C(=O)c3ccccc3C2=O)c1. The minimum absolute atomic E-state index is 0.125. The van der Waals surface area contributed by atoms with Gasteiger partial charge in [0.25, 0.3) is 17.7 Å². The number of carbonyl (C=O) groups is 3. The first-order chi connectivity index (χ1) is 13.9. The van der Waals surface area contributed by atoms with Gasteiger partial charge in [0, 0.05) is 38.0 Å². The van der Waals surface area contributed by atoms with E-state index in [1.165, 1.54) is 4.90 Å². The van der Waals surface area contributed by atoms with E-state index in [9.17, 15) is 14.4 Å². The van der Waals surface area contributed by atoms with Crippen molar-refractivity contribution in [1.82, 2.24) is 19.6 Å². The Morgan fingerprint density at radius 1 is 1.00 bits per heavy atom. The van der Waals surface area contributed by atoms with Crippen LogP contribution in [-0.2, 0) is 20.1 Å². The lowest BCUT2D eigenvalue weighted by Gasteiger charge is -2.18. The molecule has 0 aliphatic carbocycles. The van der Waals surface area contributed by atoms with Crippen LogP contribution >= 0.6 is 0 Å². The number of fused-ring (bicyclic) bond motifs is 1. The zero-order valence-corrected chi connectivity index (χ0v) is 16.2. The fourth-order valence-electron chi connectivity index (χ4n) is 3.49. The highest BCUT2D eigenvalue weighted by Gasteiger charge is 2.35. The molecule has 2 aromatic carbocycles. The van der Waals surface area contributed by atoms with Crippen molar-refractivity contribution in [3.05, 3.63) is 88.7 Å². The molecule has 2 heterocycles. The first-order valence-electron chi connectivity index (χ1n) is 9.21. The van der Waals surface area contributed by atoms with Crippen molar-refractivity contribution in [1.29, 1.82) is 0 Å². The van der Waals surface area contributed by atoms with Crippen molar-refractivity contribution in [3.8, 4) is 0 Å². The zero-order chi connectivity index (χ0) is 20.5. The minimum Gasteiger partial charge on any atom is -0.337 e. The van der Waals surface area contributed by atoms with Crippen LogP contribution in [-0.4, -0.2) is 44.3 Å². The summed E-state index contributed by atoms with van der Waals surface area (Å²) >= 11 is 0. The van der Waals surface area contributed by atoms with Crippen molar-refractivity contribution in [2.24, 2.45) is 7.05 Å². The average molecular weight is 388 g/mol. The summed E-state index contributed by atoms with van der Waals surface area (Å²) in [5.74, 6) is -0.759. The van der Waals surface area contributed by atoms with Gasteiger partial charge in [0.1, 0.15) is 0 Å². The molecule has 0 saturated heterocycles. The van der Waals surface area contributed by atoms with Crippen molar-refractivity contribution < 1.29 is 14.4 Å². The average Bonchev–Trinajstić information content (AvgIpc) is 3.24. The Morgan fingerprint density at radius 3 is 2.31 bits per heavy atom. The van der Waals surface area contributed by atoms with Crippen molar-refractivity contribution in [2.45, 2.75) is 13.1 Å². The molecule has 7 nitrogen and oxygen atoms in total. The van der Waals surface area contributed by atoms with E-state index < -0.39 is 0 Å². The number of amides is 3. The lowest BCUT2D eigenvalue weighted by atomic mass is 10.1. The third-order valence-electron chi connectivity index (χ3n) is 4.92. The third-order valence-corrected chi connectivity index (χ3v) is 4.92. The highest BCUT2D eigenvalue weighted by atomic mass is 16.2. The molecular formula is C22H20N4O3. The molecule has 1 aliphatic heterocycles. The molecule has 4 rings (SSSR count). The molecule has 0 N–H and O–H groups in total. The molecule has 29 heavy (non-hydrogen) atoms. The molecule has 1 aliphatic rings. The van der Waals surface area contributed by atoms with Crippen molar-refractivity contribution >= 4 is 17.7 Å². The van der Waals surface area contributed by atoms with Crippen LogP contribution in [0.4, 0.5) is 0 Å². The summed E-state index contributed by atoms with van der Waals surface area (Å²) in [5.41, 5.74) is 3.00. The van der Waals surface area contributed by atoms with Gasteiger partial charge in [0.05, 0.1) is 23.9 Å². The van der Waals surface area contributed by atoms with Gasteiger partial charge in [0.15, 0.2) is 0 Å². The van der Waals surface area contributed by atoms with Crippen LogP contribution in [0.15, 0.2) is 60.9 Å². The fourth-order valence-corrected chi connectivity index (χ4v) is 3.49. The Morgan fingerprint density at radius 2 is 1.69 bits per heavy atom. The standard InChI is InChI=1S/C22H20N4O3/c1-24(12-16-11-23-25(2)13-16)20(27)17-7-5-6-15(10-17)14-26-21(28)18-8-3-4-9-19(18)22(26)29/h3-11,13H,12,14H2,1-2H3. The largest absolute Gasteiger partial charge is 0.337 e. The number of imide groups is 1. The summed E-state index contributed by atoms with van der Waals surface area (Å²) in [6.07, 6.45) is 3.59. The van der Waals surface area contributed by atoms with E-state index in [-0.39, 0.29) is 24.3 Å². The Labute approximate surface area is 168 Å². The van der Waals surface area contributed by atoms with Crippen LogP contribution < -0.4 is 0 Å². The number of hydrogen-bond acceptors (Lipinski definition) is 4. The molecule has 0 atom stereocenters. The van der Waals surface area contributed by atoms with Crippen molar-refractivity contribution in [2.75, 3.05) is 7.05 Å². The van der Waals surface area contributed by atoms with Crippen LogP contribution in [0.25, 0.3) is 0 Å². The molecule has 0 bridgehead atoms. The first-order valence-corrected chi connectivity index (χ1v) is 9.21. The number of carbonyl (C=O) groups excluding carboxylic acids is 3. The van der Waals surface area contributed by atoms with Crippen LogP contribution in [0, 0.1) is 0 Å². The summed E-state index contributed by atoms with van der Waals surface area (Å²) in [7, 11) is 3.56. The van der Waals surface area contributed by atoms with E-state index in [2.05, 4.69) is 5.10 Å². The molecule has 7 heteroatoms. The molecular weight excluding hydrogens is 368 g/mol. The minimum atomic E-state index is -0.309. The predicted octanol–water partition coefficient (Wildman–Crippen LogP) is 2.49. The van der Waals surface area contributed by atoms with Gasteiger partial charge >= 0.3 is 0 Å². The fraction of sp³-hybridized carbons (Fsp3) is 0.182. The van der Waals surface area contributed by atoms with E-state index in [4.69, 9.17) is 0 Å². The van der Waals surface area contributed by atoms with E-state index in [0.717, 1.165) is 11.1 Å². The smallest absolute Gasteiger partial charge is 0.261 e. The van der Waals surface area contributed by atoms with Crippen LogP contribution in [0.5, 0.6) is 0 Å². The molecule has 0 fully saturated rings. The molecule has 3 aromatic rings. The Hall–Kier alpha value is -3.74. The summed E-state index contributed by atoms with van der Waals surface area (Å²) in [4.78, 5) is 40.8. The number of aromatic nitrogens is 2. The van der Waals surface area contributed by atoms with Gasteiger partial charge in [-0.15, -0.1) is 0 Å². The highest BCUT2D eigenvalue weighted by Crippen LogP contribution is 2.24. The quantitative estimate of drug-likeness (QED) is 0.630. The number of benzene rings is 2. The van der Waals surface area contributed by atoms with Crippen molar-refractivity contribution in [3.63, 3.8) is 0 Å². The van der Waals surface area contributed by atoms with Gasteiger partial charge in [-0.1, -0.05) is 24.3 Å². The maximum atomic E-state index is 12.8. The van der Waals surface area contributed by atoms with E-state index in [1.54, 1.807) is 71.4 Å². The van der Waals surface area contributed by atoms with Crippen LogP contribution in [0.1, 0.15) is 42.2 Å². The summed E-state index contributed by atoms with van der Waals surface area (Å²) in [6, 6.07) is 13.8. The van der Waals surface area contributed by atoms with E-state index >= 15 is 0 Å². The normalized spacial score (nSPS) is 13.0. The highest BCUT2D eigenvalue weighted by molar-refractivity contribution is 6.21. The number of aryl methyl sites for hydroxylation is 1. The molecule has 0 saturated carbocycles. The van der Waals surface area contributed by atoms with Gasteiger partial charge in [-0.3, -0.25) is 24.0 Å². The second kappa shape index (κ2) is 7.35. The maximum Gasteiger partial charge on any atom is 0.261 e. The van der Waals surface area contributed by atoms with Crippen LogP contribution in [0.2, 0.25) is 0 Å². The summed E-state index contributed by atoms with van der Waals surface area (Å²) < 4.78 is 1.69. The number of rotatable bonds is 5. The lowest BCUT2D eigenvalue weighted by Crippen LogP contribution is -2.29. The monoisotopic (exact) mass is 388 g/mol. The maximum absolute atomic E-state index is 12.8. The summed E-state index contributed by atoms with van der Waals surface area (Å²) in [5, 5.41) is 4.11. The molecule has 0 unspecified atom stereocenters. The molecule has 0 spiro atoms. The molecule has 0 radical (unpaired) electrons. The van der Waals surface area contributed by atoms with E-state index in [1.807, 2.05) is 13.2 Å². The van der Waals surface area contributed by atoms with Gasteiger partial charge < -0.3 is 4.90 Å². The number of hydrogen-bond donors (Lipinski definition) is 0. The second-order valence-corrected chi connectivity index (χ2v) is 7.13. The number of nitrogens with zero attached hydrogens (tertiary/aromatic N) is 4. The van der Waals surface area contributed by atoms with Gasteiger partial charge in [-0.2, -0.15) is 5.10 Å². The molecule has 3 amide bonds. The van der Waals surface area contributed by atoms with Crippen LogP contribution in [0.3, 0.4) is 0 Å². The predicted molar refractivity (Wildman–Crippen MR) is 106 cm³/mol. The topological polar surface area (TPSA) is 75.5 Å². The Kier molecular flexibility index (Phi) is 4.72. The lowest BCUT2D eigenvalue weighted by molar-refractivity contribution is 0.0642. The Balaban J connectivity index is 1.50. The molecule has 146 valence electrons. The first kappa shape index (κ1) is 18.6. The second-order valence-electron chi connectivity index (χ2n) is 7.13. The molecule has 1 aromatic heterocycles. The van der Waals surface area contributed by atoms with Gasteiger partial charge in [0.2, 0.25) is 0 Å². The Bertz CT molecular complexity index is 1080. The summed E-state index contributed by atoms with van der Waals surface area (Å²) in [6.45, 7) is 0.565. The zero-order valence-electron chi connectivity index (χ0n) is 16.2. The van der Waals surface area contributed by atoms with Gasteiger partial charge in [-0.05, 0) is 29.8 Å².